The maximum atomic E-state index is 12.0. The van der Waals surface area contributed by atoms with E-state index in [-0.39, 0.29) is 5.91 Å². The van der Waals surface area contributed by atoms with Gasteiger partial charge in [0.1, 0.15) is 0 Å². The van der Waals surface area contributed by atoms with Crippen molar-refractivity contribution in [3.63, 3.8) is 0 Å². The molecule has 3 rings (SSSR count). The highest BCUT2D eigenvalue weighted by atomic mass is 16.4. The van der Waals surface area contributed by atoms with Gasteiger partial charge in [0.15, 0.2) is 11.7 Å². The number of aromatic nitrogens is 1. The molecule has 1 heterocycles. The van der Waals surface area contributed by atoms with Gasteiger partial charge in [0.25, 0.3) is 0 Å². The predicted molar refractivity (Wildman–Crippen MR) is 117 cm³/mol. The number of nitrogens with zero attached hydrogens (tertiary/aromatic N) is 2. The minimum atomic E-state index is 0.0938. The molecular weight excluding hydrogens is 362 g/mol. The Morgan fingerprint density at radius 3 is 2.48 bits per heavy atom. The van der Waals surface area contributed by atoms with Gasteiger partial charge in [-0.3, -0.25) is 4.79 Å². The Morgan fingerprint density at radius 2 is 1.72 bits per heavy atom. The van der Waals surface area contributed by atoms with Crippen LogP contribution in [0, 0.1) is 0 Å². The van der Waals surface area contributed by atoms with Gasteiger partial charge in [-0.1, -0.05) is 48.5 Å². The summed E-state index contributed by atoms with van der Waals surface area (Å²) in [4.78, 5) is 18.6. The molecule has 1 N–H and O–H groups in total. The van der Waals surface area contributed by atoms with Crippen LogP contribution in [0.4, 0.5) is 5.69 Å². The number of para-hydroxylation sites is 1. The fourth-order valence-electron chi connectivity index (χ4n) is 3.16. The fourth-order valence-corrected chi connectivity index (χ4v) is 3.16. The Labute approximate surface area is 172 Å². The van der Waals surface area contributed by atoms with Crippen LogP contribution in [-0.2, 0) is 11.2 Å². The highest BCUT2D eigenvalue weighted by Crippen LogP contribution is 2.20. The second-order valence-electron chi connectivity index (χ2n) is 7.15. The molecule has 0 aliphatic heterocycles. The summed E-state index contributed by atoms with van der Waals surface area (Å²) in [6, 6.07) is 20.3. The smallest absolute Gasteiger partial charge is 0.220 e. The minimum absolute atomic E-state index is 0.0938. The zero-order valence-electron chi connectivity index (χ0n) is 17.0. The van der Waals surface area contributed by atoms with Gasteiger partial charge >= 0.3 is 0 Å². The van der Waals surface area contributed by atoms with E-state index in [1.54, 1.807) is 6.20 Å². The van der Waals surface area contributed by atoms with Crippen LogP contribution in [-0.4, -0.2) is 31.0 Å². The zero-order chi connectivity index (χ0) is 20.3. The summed E-state index contributed by atoms with van der Waals surface area (Å²) < 4.78 is 5.78. The van der Waals surface area contributed by atoms with Crippen LogP contribution in [0.25, 0.3) is 11.3 Å². The van der Waals surface area contributed by atoms with Crippen molar-refractivity contribution < 1.29 is 9.21 Å². The van der Waals surface area contributed by atoms with Gasteiger partial charge in [-0.2, -0.15) is 0 Å². The fraction of sp³-hybridized carbons (Fsp3) is 0.333. The average molecular weight is 392 g/mol. The summed E-state index contributed by atoms with van der Waals surface area (Å²) in [5, 5.41) is 3.01. The molecule has 0 unspecified atom stereocenters. The SMILES string of the molecule is CN(CCCCNC(=O)CCCc1ncc(-c2ccccc2)o1)c1ccccc1. The number of carbonyl (C=O) groups excluding carboxylic acids is 1. The van der Waals surface area contributed by atoms with Crippen LogP contribution in [0.5, 0.6) is 0 Å². The lowest BCUT2D eigenvalue weighted by Crippen LogP contribution is -2.25. The molecule has 152 valence electrons. The highest BCUT2D eigenvalue weighted by molar-refractivity contribution is 5.75. The molecule has 0 atom stereocenters. The third-order valence-electron chi connectivity index (χ3n) is 4.85. The molecule has 0 aliphatic carbocycles. The molecule has 1 amide bonds. The number of anilines is 1. The van der Waals surface area contributed by atoms with Crippen molar-refractivity contribution in [1.82, 2.24) is 10.3 Å². The molecule has 3 aromatic rings. The van der Waals surface area contributed by atoms with E-state index in [1.165, 1.54) is 5.69 Å². The third-order valence-corrected chi connectivity index (χ3v) is 4.85. The molecule has 29 heavy (non-hydrogen) atoms. The summed E-state index contributed by atoms with van der Waals surface area (Å²) in [7, 11) is 2.10. The van der Waals surface area contributed by atoms with E-state index in [4.69, 9.17) is 4.42 Å². The number of carbonyl (C=O) groups is 1. The van der Waals surface area contributed by atoms with Crippen LogP contribution >= 0.6 is 0 Å². The lowest BCUT2D eigenvalue weighted by molar-refractivity contribution is -0.121. The first-order valence-corrected chi connectivity index (χ1v) is 10.3. The van der Waals surface area contributed by atoms with E-state index in [9.17, 15) is 4.79 Å². The zero-order valence-corrected chi connectivity index (χ0v) is 17.0. The number of oxazole rings is 1. The Bertz CT molecular complexity index is 862. The lowest BCUT2D eigenvalue weighted by Gasteiger charge is -2.19. The van der Waals surface area contributed by atoms with E-state index in [1.807, 2.05) is 48.5 Å². The van der Waals surface area contributed by atoms with Gasteiger partial charge in [-0.15, -0.1) is 0 Å². The number of unbranched alkanes of at least 4 members (excludes halogenated alkanes) is 1. The molecule has 0 aliphatic rings. The van der Waals surface area contributed by atoms with Gasteiger partial charge < -0.3 is 14.6 Å². The topological polar surface area (TPSA) is 58.4 Å². The Balaban J connectivity index is 1.26. The predicted octanol–water partition coefficient (Wildman–Crippen LogP) is 4.70. The van der Waals surface area contributed by atoms with Gasteiger partial charge in [-0.25, -0.2) is 4.98 Å². The molecule has 0 radical (unpaired) electrons. The summed E-state index contributed by atoms with van der Waals surface area (Å²) in [6.07, 6.45) is 5.66. The number of aryl methyl sites for hydroxylation is 1. The molecule has 0 bridgehead atoms. The van der Waals surface area contributed by atoms with Gasteiger partial charge in [0.05, 0.1) is 6.20 Å². The van der Waals surface area contributed by atoms with Crippen molar-refractivity contribution in [2.24, 2.45) is 0 Å². The first kappa shape index (κ1) is 20.6. The summed E-state index contributed by atoms with van der Waals surface area (Å²) in [5.41, 5.74) is 2.24. The highest BCUT2D eigenvalue weighted by Gasteiger charge is 2.07. The number of hydrogen-bond acceptors (Lipinski definition) is 4. The van der Waals surface area contributed by atoms with Crippen LogP contribution in [0.2, 0.25) is 0 Å². The number of nitrogens with one attached hydrogen (secondary N) is 1. The molecule has 0 saturated carbocycles. The summed E-state index contributed by atoms with van der Waals surface area (Å²) in [6.45, 7) is 1.70. The van der Waals surface area contributed by atoms with Crippen molar-refractivity contribution in [2.45, 2.75) is 32.1 Å². The molecule has 5 nitrogen and oxygen atoms in total. The number of rotatable bonds is 11. The first-order chi connectivity index (χ1) is 14.2. The number of benzene rings is 2. The van der Waals surface area contributed by atoms with Crippen molar-refractivity contribution in [3.05, 3.63) is 72.8 Å². The van der Waals surface area contributed by atoms with Gasteiger partial charge in [-0.05, 0) is 31.4 Å². The largest absolute Gasteiger partial charge is 0.441 e. The minimum Gasteiger partial charge on any atom is -0.441 e. The monoisotopic (exact) mass is 391 g/mol. The van der Waals surface area contributed by atoms with E-state index in [2.05, 4.69) is 34.4 Å². The third kappa shape index (κ3) is 6.79. The molecule has 0 fully saturated rings. The quantitative estimate of drug-likeness (QED) is 0.482. The van der Waals surface area contributed by atoms with Crippen LogP contribution in [0.1, 0.15) is 31.6 Å². The van der Waals surface area contributed by atoms with Crippen molar-refractivity contribution in [3.8, 4) is 11.3 Å². The number of amides is 1. The van der Waals surface area contributed by atoms with Gasteiger partial charge in [0.2, 0.25) is 5.91 Å². The van der Waals surface area contributed by atoms with Crippen LogP contribution < -0.4 is 10.2 Å². The second kappa shape index (κ2) is 11.1. The van der Waals surface area contributed by atoms with Gasteiger partial charge in [0, 0.05) is 44.2 Å². The Morgan fingerprint density at radius 1 is 1.00 bits per heavy atom. The normalized spacial score (nSPS) is 10.7. The summed E-state index contributed by atoms with van der Waals surface area (Å²) >= 11 is 0. The molecule has 5 heteroatoms. The standard InChI is InChI=1S/C24H29N3O2/c1-27(21-13-6-3-7-14-21)18-9-8-17-25-23(28)15-10-16-24-26-19-22(29-24)20-11-4-2-5-12-20/h2-7,11-14,19H,8-10,15-18H2,1H3,(H,25,28). The lowest BCUT2D eigenvalue weighted by atomic mass is 10.2. The first-order valence-electron chi connectivity index (χ1n) is 10.3. The molecule has 1 aromatic heterocycles. The maximum Gasteiger partial charge on any atom is 0.220 e. The van der Waals surface area contributed by atoms with Crippen molar-refractivity contribution in [1.29, 1.82) is 0 Å². The van der Waals surface area contributed by atoms with Crippen molar-refractivity contribution in [2.75, 3.05) is 25.0 Å². The van der Waals surface area contributed by atoms with E-state index >= 15 is 0 Å². The Kier molecular flexibility index (Phi) is 7.87. The van der Waals surface area contributed by atoms with E-state index < -0.39 is 0 Å². The average Bonchev–Trinajstić information content (AvgIpc) is 3.23. The molecule has 2 aromatic carbocycles. The Hall–Kier alpha value is -3.08. The molecule has 0 spiro atoms. The van der Waals surface area contributed by atoms with E-state index in [0.29, 0.717) is 18.7 Å². The summed E-state index contributed by atoms with van der Waals surface area (Å²) in [5.74, 6) is 1.54. The van der Waals surface area contributed by atoms with Crippen LogP contribution in [0.15, 0.2) is 71.3 Å². The van der Waals surface area contributed by atoms with E-state index in [0.717, 1.165) is 43.7 Å². The second-order valence-corrected chi connectivity index (χ2v) is 7.15. The van der Waals surface area contributed by atoms with Crippen LogP contribution in [0.3, 0.4) is 0 Å². The molecular formula is C24H29N3O2. The molecule has 0 saturated heterocycles. The van der Waals surface area contributed by atoms with Crippen molar-refractivity contribution >= 4 is 11.6 Å². The number of hydrogen-bond donors (Lipinski definition) is 1. The maximum absolute atomic E-state index is 12.0.